The minimum absolute atomic E-state index is 0.123. The second-order valence-corrected chi connectivity index (χ2v) is 8.32. The Morgan fingerprint density at radius 3 is 2.51 bits per heavy atom. The van der Waals surface area contributed by atoms with E-state index >= 15 is 8.78 Å². The number of fused-ring (bicyclic) bond motifs is 1. The van der Waals surface area contributed by atoms with E-state index in [0.29, 0.717) is 12.2 Å². The third-order valence-corrected chi connectivity index (χ3v) is 5.81. The molecule has 0 atom stereocenters. The summed E-state index contributed by atoms with van der Waals surface area (Å²) in [4.78, 5) is 40.7. The van der Waals surface area contributed by atoms with Crippen LogP contribution in [0.15, 0.2) is 71.8 Å². The van der Waals surface area contributed by atoms with Gasteiger partial charge in [0, 0.05) is 37.6 Å². The van der Waals surface area contributed by atoms with Crippen molar-refractivity contribution in [1.29, 1.82) is 0 Å². The lowest BCUT2D eigenvalue weighted by molar-refractivity contribution is -0.136. The van der Waals surface area contributed by atoms with Crippen molar-refractivity contribution in [3.05, 3.63) is 106 Å². The predicted molar refractivity (Wildman–Crippen MR) is 134 cm³/mol. The maximum atomic E-state index is 15.8. The highest BCUT2D eigenvalue weighted by atomic mass is 19.1. The lowest BCUT2D eigenvalue weighted by Gasteiger charge is -2.17. The number of hydrogen-bond acceptors (Lipinski definition) is 5. The smallest absolute Gasteiger partial charge is 0.305 e. The van der Waals surface area contributed by atoms with Crippen molar-refractivity contribution in [2.24, 2.45) is 0 Å². The summed E-state index contributed by atoms with van der Waals surface area (Å²) in [6, 6.07) is 15.4. The molecule has 4 aromatic rings. The fraction of sp³-hybridized carbons (Fsp3) is 0.185. The first kappa shape index (κ1) is 25.5. The van der Waals surface area contributed by atoms with Gasteiger partial charge in [0.1, 0.15) is 17.2 Å². The van der Waals surface area contributed by atoms with Crippen molar-refractivity contribution in [3.8, 4) is 0 Å². The maximum absolute atomic E-state index is 15.8. The number of rotatable bonds is 10. The Balaban J connectivity index is 1.77. The van der Waals surface area contributed by atoms with E-state index < -0.39 is 28.9 Å². The molecule has 0 spiro atoms. The summed E-state index contributed by atoms with van der Waals surface area (Å²) >= 11 is 0. The highest BCUT2D eigenvalue weighted by Crippen LogP contribution is 2.24. The number of aliphatic carboxylic acids is 1. The number of nitrogens with zero attached hydrogens (tertiary/aromatic N) is 2. The average molecular weight is 507 g/mol. The number of amides is 1. The van der Waals surface area contributed by atoms with E-state index in [1.54, 1.807) is 24.4 Å². The van der Waals surface area contributed by atoms with Crippen LogP contribution in [0.3, 0.4) is 0 Å². The fourth-order valence-corrected chi connectivity index (χ4v) is 3.95. The van der Waals surface area contributed by atoms with Gasteiger partial charge in [0.25, 0.3) is 5.91 Å². The van der Waals surface area contributed by atoms with Crippen molar-refractivity contribution in [2.75, 3.05) is 11.9 Å². The van der Waals surface area contributed by atoms with Gasteiger partial charge in [-0.3, -0.25) is 14.4 Å². The third-order valence-electron chi connectivity index (χ3n) is 5.81. The van der Waals surface area contributed by atoms with Crippen LogP contribution in [0.1, 0.15) is 27.9 Å². The summed E-state index contributed by atoms with van der Waals surface area (Å²) in [5.74, 6) is -3.36. The Bertz CT molecular complexity index is 1490. The van der Waals surface area contributed by atoms with E-state index in [1.807, 2.05) is 30.3 Å². The summed E-state index contributed by atoms with van der Waals surface area (Å²) in [5, 5.41) is 13.8. The zero-order chi connectivity index (χ0) is 26.4. The first-order valence-electron chi connectivity index (χ1n) is 11.6. The predicted octanol–water partition coefficient (Wildman–Crippen LogP) is 3.73. The summed E-state index contributed by atoms with van der Waals surface area (Å²) in [6.45, 7) is -0.211. The molecule has 190 valence electrons. The van der Waals surface area contributed by atoms with Crippen LogP contribution in [0.2, 0.25) is 0 Å². The summed E-state index contributed by atoms with van der Waals surface area (Å²) in [5.41, 5.74) is -0.627. The van der Waals surface area contributed by atoms with Crippen LogP contribution < -0.4 is 16.1 Å². The van der Waals surface area contributed by atoms with Gasteiger partial charge in [0.2, 0.25) is 5.43 Å². The molecule has 0 bridgehead atoms. The summed E-state index contributed by atoms with van der Waals surface area (Å²) in [7, 11) is 0. The number of aryl methyl sites for hydroxylation is 2. The fourth-order valence-electron chi connectivity index (χ4n) is 3.95. The summed E-state index contributed by atoms with van der Waals surface area (Å²) in [6.07, 6.45) is 2.90. The van der Waals surface area contributed by atoms with Gasteiger partial charge >= 0.3 is 5.97 Å². The van der Waals surface area contributed by atoms with E-state index in [0.717, 1.165) is 11.6 Å². The Hall–Kier alpha value is -4.60. The van der Waals surface area contributed by atoms with E-state index in [9.17, 15) is 14.4 Å². The van der Waals surface area contributed by atoms with Crippen LogP contribution in [0, 0.1) is 11.6 Å². The van der Waals surface area contributed by atoms with Gasteiger partial charge in [-0.1, -0.05) is 36.4 Å². The number of pyridine rings is 2. The molecule has 0 saturated heterocycles. The molecule has 2 heterocycles. The van der Waals surface area contributed by atoms with Crippen molar-refractivity contribution in [2.45, 2.75) is 25.9 Å². The number of carboxylic acid groups (broad SMARTS) is 1. The van der Waals surface area contributed by atoms with Gasteiger partial charge < -0.3 is 20.3 Å². The Morgan fingerprint density at radius 2 is 1.81 bits per heavy atom. The molecule has 0 fully saturated rings. The van der Waals surface area contributed by atoms with Gasteiger partial charge in [-0.25, -0.2) is 13.8 Å². The van der Waals surface area contributed by atoms with Crippen LogP contribution in [-0.4, -0.2) is 33.1 Å². The molecule has 0 aliphatic heterocycles. The van der Waals surface area contributed by atoms with Gasteiger partial charge in [0.15, 0.2) is 5.82 Å². The number of hydrogen-bond donors (Lipinski definition) is 3. The lowest BCUT2D eigenvalue weighted by atomic mass is 10.0. The molecule has 0 saturated carbocycles. The monoisotopic (exact) mass is 506 g/mol. The molecule has 0 aliphatic rings. The van der Waals surface area contributed by atoms with Gasteiger partial charge in [-0.15, -0.1) is 0 Å². The third kappa shape index (κ3) is 5.97. The number of halogens is 2. The zero-order valence-corrected chi connectivity index (χ0v) is 19.7. The van der Waals surface area contributed by atoms with E-state index in [4.69, 9.17) is 5.11 Å². The molecule has 10 heteroatoms. The number of carbonyl (C=O) groups is 2. The van der Waals surface area contributed by atoms with Crippen LogP contribution in [0.5, 0.6) is 0 Å². The molecule has 0 aliphatic carbocycles. The second kappa shape index (κ2) is 11.4. The van der Waals surface area contributed by atoms with E-state index in [1.165, 1.54) is 10.8 Å². The number of carboxylic acids is 1. The second-order valence-electron chi connectivity index (χ2n) is 8.32. The van der Waals surface area contributed by atoms with Crippen molar-refractivity contribution in [1.82, 2.24) is 14.9 Å². The van der Waals surface area contributed by atoms with Crippen LogP contribution in [-0.2, 0) is 24.3 Å². The SMILES string of the molecule is O=C(O)CCNC(=O)c1cn(CCc2ccccc2)c2c(F)c(CNc3ccccn3)c(F)cc2c1=O. The topological polar surface area (TPSA) is 113 Å². The molecule has 0 radical (unpaired) electrons. The van der Waals surface area contributed by atoms with E-state index in [-0.39, 0.29) is 48.1 Å². The van der Waals surface area contributed by atoms with Crippen LogP contribution in [0.4, 0.5) is 14.6 Å². The van der Waals surface area contributed by atoms with Crippen LogP contribution >= 0.6 is 0 Å². The lowest BCUT2D eigenvalue weighted by Crippen LogP contribution is -2.31. The molecule has 1 amide bonds. The molecular formula is C27H24F2N4O4. The Morgan fingerprint density at radius 1 is 1.05 bits per heavy atom. The molecule has 3 N–H and O–H groups in total. The molecule has 2 aromatic heterocycles. The van der Waals surface area contributed by atoms with Crippen molar-refractivity contribution >= 4 is 28.6 Å². The first-order chi connectivity index (χ1) is 17.8. The van der Waals surface area contributed by atoms with Gasteiger partial charge in [-0.2, -0.15) is 0 Å². The number of benzene rings is 2. The minimum atomic E-state index is -1.12. The first-order valence-corrected chi connectivity index (χ1v) is 11.6. The number of aromatic nitrogens is 2. The Labute approximate surface area is 210 Å². The molecule has 37 heavy (non-hydrogen) atoms. The average Bonchev–Trinajstić information content (AvgIpc) is 2.89. The Kier molecular flexibility index (Phi) is 7.87. The van der Waals surface area contributed by atoms with Gasteiger partial charge in [-0.05, 0) is 30.2 Å². The maximum Gasteiger partial charge on any atom is 0.305 e. The van der Waals surface area contributed by atoms with Crippen LogP contribution in [0.25, 0.3) is 10.9 Å². The number of anilines is 1. The zero-order valence-electron chi connectivity index (χ0n) is 19.7. The van der Waals surface area contributed by atoms with Gasteiger partial charge in [0.05, 0.1) is 17.3 Å². The highest BCUT2D eigenvalue weighted by Gasteiger charge is 2.22. The number of nitrogens with one attached hydrogen (secondary N) is 2. The van der Waals surface area contributed by atoms with Crippen molar-refractivity contribution < 1.29 is 23.5 Å². The molecule has 8 nitrogen and oxygen atoms in total. The molecular weight excluding hydrogens is 482 g/mol. The molecule has 0 unspecified atom stereocenters. The van der Waals surface area contributed by atoms with Crippen molar-refractivity contribution in [3.63, 3.8) is 0 Å². The molecule has 4 rings (SSSR count). The summed E-state index contributed by atoms with van der Waals surface area (Å²) < 4.78 is 32.3. The largest absolute Gasteiger partial charge is 0.481 e. The van der Waals surface area contributed by atoms with E-state index in [2.05, 4.69) is 15.6 Å². The molecule has 2 aromatic carbocycles. The number of carbonyl (C=O) groups excluding carboxylic acids is 1. The quantitative estimate of drug-likeness (QED) is 0.302. The standard InChI is InChI=1S/C27H24F2N4O4/c28-21-14-18-25(24(29)19(21)15-32-22-8-4-5-11-30-22)33(13-10-17-6-2-1-3-7-17)16-20(26(18)36)27(37)31-12-9-23(34)35/h1-8,11,14,16H,9-10,12-13,15H2,(H,30,32)(H,31,37)(H,34,35). The normalized spacial score (nSPS) is 10.9. The minimum Gasteiger partial charge on any atom is -0.481 e. The highest BCUT2D eigenvalue weighted by molar-refractivity contribution is 5.97.